The molecule has 2 rings (SSSR count). The molecule has 6 nitrogen and oxygen atoms in total. The van der Waals surface area contributed by atoms with Crippen LogP contribution in [0.2, 0.25) is 0 Å². The monoisotopic (exact) mass is 232 g/mol. The first-order valence-electron chi connectivity index (χ1n) is 5.15. The molecule has 0 spiro atoms. The maximum Gasteiger partial charge on any atom is 0.264 e. The van der Waals surface area contributed by atoms with Crippen LogP contribution in [0.1, 0.15) is 16.2 Å². The van der Waals surface area contributed by atoms with Crippen molar-refractivity contribution in [1.82, 2.24) is 14.8 Å². The number of carbonyl (C=O) groups excluding carboxylic acids is 1. The van der Waals surface area contributed by atoms with Crippen molar-refractivity contribution in [3.8, 4) is 0 Å². The topological polar surface area (TPSA) is 93.8 Å². The van der Waals surface area contributed by atoms with Gasteiger partial charge in [0.1, 0.15) is 0 Å². The van der Waals surface area contributed by atoms with E-state index in [1.165, 1.54) is 10.7 Å². The number of nitrogens with two attached hydrogens (primary N) is 1. The number of nitrogens with one attached hydrogen (secondary N) is 1. The molecule has 0 aliphatic carbocycles. The van der Waals surface area contributed by atoms with Gasteiger partial charge in [0.25, 0.3) is 11.5 Å². The molecule has 0 amide bonds. The Bertz CT molecular complexity index is 571. The van der Waals surface area contributed by atoms with Crippen molar-refractivity contribution in [2.45, 2.75) is 13.0 Å². The molecule has 6 heteroatoms. The number of carbonyl (C=O) groups is 1. The van der Waals surface area contributed by atoms with E-state index in [1.807, 2.05) is 0 Å². The van der Waals surface area contributed by atoms with Gasteiger partial charge in [-0.25, -0.2) is 4.68 Å². The van der Waals surface area contributed by atoms with Crippen LogP contribution < -0.4 is 11.3 Å². The Morgan fingerprint density at radius 1 is 1.47 bits per heavy atom. The summed E-state index contributed by atoms with van der Waals surface area (Å²) < 4.78 is 1.18. The van der Waals surface area contributed by atoms with Gasteiger partial charge in [-0.3, -0.25) is 19.7 Å². The van der Waals surface area contributed by atoms with E-state index < -0.39 is 0 Å². The van der Waals surface area contributed by atoms with E-state index in [0.29, 0.717) is 11.4 Å². The maximum atomic E-state index is 11.9. The Balaban J connectivity index is 2.23. The highest BCUT2D eigenvalue weighted by molar-refractivity contribution is 5.80. The quantitative estimate of drug-likeness (QED) is 0.773. The number of pyridine rings is 1. The lowest BCUT2D eigenvalue weighted by Gasteiger charge is -2.04. The summed E-state index contributed by atoms with van der Waals surface area (Å²) in [6, 6.07) is 6.65. The van der Waals surface area contributed by atoms with Gasteiger partial charge in [-0.05, 0) is 12.1 Å². The van der Waals surface area contributed by atoms with Gasteiger partial charge < -0.3 is 5.73 Å². The normalized spacial score (nSPS) is 10.4. The molecule has 0 fully saturated rings. The second-order valence-corrected chi connectivity index (χ2v) is 3.54. The standard InChI is InChI=1S/C11H12N4O2/c12-7-9-6-10(16)14-15(9)11(17)5-8-3-1-2-4-13-8/h1-4,6H,5,7,12H2,(H,14,16). The van der Waals surface area contributed by atoms with Crippen molar-refractivity contribution in [3.05, 3.63) is 52.2 Å². The lowest BCUT2D eigenvalue weighted by atomic mass is 10.2. The average molecular weight is 232 g/mol. The minimum Gasteiger partial charge on any atom is -0.325 e. The molecule has 2 heterocycles. The summed E-state index contributed by atoms with van der Waals surface area (Å²) in [6.45, 7) is 0.132. The average Bonchev–Trinajstić information content (AvgIpc) is 2.72. The minimum atomic E-state index is -0.333. The Morgan fingerprint density at radius 2 is 2.29 bits per heavy atom. The van der Waals surface area contributed by atoms with Crippen LogP contribution in [0.3, 0.4) is 0 Å². The van der Waals surface area contributed by atoms with E-state index in [-0.39, 0.29) is 24.4 Å². The van der Waals surface area contributed by atoms with Crippen LogP contribution in [0.5, 0.6) is 0 Å². The molecule has 0 aliphatic heterocycles. The summed E-state index contributed by atoms with van der Waals surface area (Å²) in [6.07, 6.45) is 1.74. The van der Waals surface area contributed by atoms with Gasteiger partial charge >= 0.3 is 0 Å². The molecule has 17 heavy (non-hydrogen) atoms. The van der Waals surface area contributed by atoms with E-state index >= 15 is 0 Å². The molecule has 2 aromatic rings. The summed E-state index contributed by atoms with van der Waals surface area (Å²) in [5.74, 6) is -0.258. The first-order chi connectivity index (χ1) is 8.20. The van der Waals surface area contributed by atoms with Crippen LogP contribution in [-0.4, -0.2) is 20.7 Å². The van der Waals surface area contributed by atoms with Crippen LogP contribution in [0.25, 0.3) is 0 Å². The van der Waals surface area contributed by atoms with Crippen LogP contribution >= 0.6 is 0 Å². The molecule has 88 valence electrons. The van der Waals surface area contributed by atoms with Crippen molar-refractivity contribution in [1.29, 1.82) is 0 Å². The Morgan fingerprint density at radius 3 is 2.94 bits per heavy atom. The Hall–Kier alpha value is -2.21. The lowest BCUT2D eigenvalue weighted by molar-refractivity contribution is 0.0893. The molecule has 0 aliphatic rings. The zero-order chi connectivity index (χ0) is 12.3. The van der Waals surface area contributed by atoms with Crippen LogP contribution in [0.15, 0.2) is 35.3 Å². The van der Waals surface area contributed by atoms with Crippen molar-refractivity contribution in [3.63, 3.8) is 0 Å². The third kappa shape index (κ3) is 2.48. The summed E-state index contributed by atoms with van der Waals surface area (Å²) >= 11 is 0. The highest BCUT2D eigenvalue weighted by Gasteiger charge is 2.11. The number of aromatic amines is 1. The fourth-order valence-corrected chi connectivity index (χ4v) is 1.54. The zero-order valence-electron chi connectivity index (χ0n) is 9.09. The predicted octanol–water partition coefficient (Wildman–Crippen LogP) is -0.0870. The maximum absolute atomic E-state index is 11.9. The van der Waals surface area contributed by atoms with E-state index in [0.717, 1.165) is 0 Å². The molecular formula is C11H12N4O2. The van der Waals surface area contributed by atoms with Gasteiger partial charge in [-0.2, -0.15) is 0 Å². The summed E-state index contributed by atoms with van der Waals surface area (Å²) in [5.41, 5.74) is 6.23. The fourth-order valence-electron chi connectivity index (χ4n) is 1.54. The smallest absolute Gasteiger partial charge is 0.264 e. The summed E-state index contributed by atoms with van der Waals surface area (Å²) in [7, 11) is 0. The van der Waals surface area contributed by atoms with Gasteiger partial charge in [-0.1, -0.05) is 6.07 Å². The Labute approximate surface area is 97.1 Å². The number of H-pyrrole nitrogens is 1. The van der Waals surface area contributed by atoms with Crippen LogP contribution in [-0.2, 0) is 13.0 Å². The second kappa shape index (κ2) is 4.75. The highest BCUT2D eigenvalue weighted by atomic mass is 16.2. The first-order valence-corrected chi connectivity index (χ1v) is 5.15. The minimum absolute atomic E-state index is 0.123. The number of rotatable bonds is 3. The third-order valence-electron chi connectivity index (χ3n) is 2.32. The fraction of sp³-hybridized carbons (Fsp3) is 0.182. The largest absolute Gasteiger partial charge is 0.325 e. The van der Waals surface area contributed by atoms with Gasteiger partial charge in [0.15, 0.2) is 0 Å². The van der Waals surface area contributed by atoms with Gasteiger partial charge in [0.05, 0.1) is 12.1 Å². The molecule has 0 unspecified atom stereocenters. The first kappa shape index (κ1) is 11.3. The number of hydrogen-bond donors (Lipinski definition) is 2. The van der Waals surface area contributed by atoms with E-state index in [4.69, 9.17) is 5.73 Å². The molecule has 2 aromatic heterocycles. The zero-order valence-corrected chi connectivity index (χ0v) is 9.09. The molecule has 0 saturated heterocycles. The van der Waals surface area contributed by atoms with Crippen molar-refractivity contribution in [2.24, 2.45) is 5.73 Å². The highest BCUT2D eigenvalue weighted by Crippen LogP contribution is 2.00. The third-order valence-corrected chi connectivity index (χ3v) is 2.32. The van der Waals surface area contributed by atoms with E-state index in [1.54, 1.807) is 24.4 Å². The van der Waals surface area contributed by atoms with E-state index in [9.17, 15) is 9.59 Å². The van der Waals surface area contributed by atoms with Gasteiger partial charge in [0.2, 0.25) is 0 Å². The van der Waals surface area contributed by atoms with E-state index in [2.05, 4.69) is 10.1 Å². The number of nitrogens with zero attached hydrogens (tertiary/aromatic N) is 2. The molecule has 3 N–H and O–H groups in total. The predicted molar refractivity (Wildman–Crippen MR) is 61.5 cm³/mol. The van der Waals surface area contributed by atoms with Crippen LogP contribution in [0.4, 0.5) is 0 Å². The summed E-state index contributed by atoms with van der Waals surface area (Å²) in [5, 5.41) is 2.42. The molecule has 0 radical (unpaired) electrons. The molecule has 0 saturated carbocycles. The number of hydrogen-bond acceptors (Lipinski definition) is 4. The SMILES string of the molecule is NCc1cc(=O)[nH]n1C(=O)Cc1ccccn1. The summed E-state index contributed by atoms with van der Waals surface area (Å²) in [4.78, 5) is 27.1. The number of aromatic nitrogens is 3. The van der Waals surface area contributed by atoms with Crippen molar-refractivity contribution in [2.75, 3.05) is 0 Å². The van der Waals surface area contributed by atoms with Crippen molar-refractivity contribution < 1.29 is 4.79 Å². The molecule has 0 aromatic carbocycles. The Kier molecular flexibility index (Phi) is 3.15. The molecular weight excluding hydrogens is 220 g/mol. The second-order valence-electron chi connectivity index (χ2n) is 3.54. The van der Waals surface area contributed by atoms with Gasteiger partial charge in [0, 0.05) is 24.5 Å². The molecule has 0 bridgehead atoms. The lowest BCUT2D eigenvalue weighted by Crippen LogP contribution is -2.21. The van der Waals surface area contributed by atoms with Crippen LogP contribution in [0, 0.1) is 0 Å². The van der Waals surface area contributed by atoms with Crippen molar-refractivity contribution >= 4 is 5.91 Å². The van der Waals surface area contributed by atoms with Gasteiger partial charge in [-0.15, -0.1) is 0 Å². The molecule has 0 atom stereocenters.